The molecule has 0 atom stereocenters. The highest BCUT2D eigenvalue weighted by molar-refractivity contribution is 7.12. The highest BCUT2D eigenvalue weighted by atomic mass is 32.1. The molecule has 1 amide bonds. The predicted molar refractivity (Wildman–Crippen MR) is 111 cm³/mol. The van der Waals surface area contributed by atoms with Gasteiger partial charge in [-0.1, -0.05) is 12.1 Å². The van der Waals surface area contributed by atoms with E-state index in [4.69, 9.17) is 10.2 Å². The molecule has 29 heavy (non-hydrogen) atoms. The average molecular weight is 404 g/mol. The summed E-state index contributed by atoms with van der Waals surface area (Å²) < 4.78 is 7.33. The van der Waals surface area contributed by atoms with Gasteiger partial charge in [-0.25, -0.2) is 9.50 Å². The summed E-state index contributed by atoms with van der Waals surface area (Å²) in [5, 5.41) is 8.91. The number of aromatic nitrogens is 4. The number of fused-ring (bicyclic) bond motifs is 2. The van der Waals surface area contributed by atoms with Crippen molar-refractivity contribution in [1.82, 2.24) is 24.9 Å². The summed E-state index contributed by atoms with van der Waals surface area (Å²) in [6, 6.07) is 11.4. The first kappa shape index (κ1) is 17.4. The fourth-order valence-corrected chi connectivity index (χ4v) is 3.96. The second-order valence-electron chi connectivity index (χ2n) is 6.60. The van der Waals surface area contributed by atoms with Gasteiger partial charge in [-0.05, 0) is 47.7 Å². The maximum atomic E-state index is 12.5. The third kappa shape index (κ3) is 3.21. The Morgan fingerprint density at radius 1 is 1.24 bits per heavy atom. The molecule has 0 bridgehead atoms. The first-order valence-corrected chi connectivity index (χ1v) is 9.79. The normalized spacial score (nSPS) is 11.3. The quantitative estimate of drug-likeness (QED) is 0.475. The Labute approximate surface area is 169 Å². The average Bonchev–Trinajstić information content (AvgIpc) is 3.42. The van der Waals surface area contributed by atoms with Crippen LogP contribution in [-0.2, 0) is 6.54 Å². The van der Waals surface area contributed by atoms with Crippen LogP contribution in [-0.4, -0.2) is 25.5 Å². The Hall–Kier alpha value is -3.72. The van der Waals surface area contributed by atoms with Gasteiger partial charge in [-0.3, -0.25) is 4.79 Å². The van der Waals surface area contributed by atoms with E-state index in [1.54, 1.807) is 4.52 Å². The summed E-state index contributed by atoms with van der Waals surface area (Å²) in [4.78, 5) is 21.7. The van der Waals surface area contributed by atoms with Crippen LogP contribution in [0, 0.1) is 6.92 Å². The SMILES string of the molecule is Cc1cccc2oc(CNC(=O)c3cc(-c4ccc5nc(N)nn5c4)cs3)nc12. The van der Waals surface area contributed by atoms with Crippen molar-refractivity contribution in [3.8, 4) is 11.1 Å². The maximum Gasteiger partial charge on any atom is 0.261 e. The number of oxazole rings is 1. The molecule has 8 nitrogen and oxygen atoms in total. The number of nitrogens with two attached hydrogens (primary N) is 1. The third-order valence-electron chi connectivity index (χ3n) is 4.57. The van der Waals surface area contributed by atoms with Gasteiger partial charge in [-0.2, -0.15) is 4.98 Å². The van der Waals surface area contributed by atoms with E-state index in [1.807, 2.05) is 54.9 Å². The molecule has 5 rings (SSSR count). The number of nitrogens with one attached hydrogen (secondary N) is 1. The van der Waals surface area contributed by atoms with Gasteiger partial charge in [0.25, 0.3) is 5.91 Å². The van der Waals surface area contributed by atoms with Crippen molar-refractivity contribution in [3.05, 3.63) is 64.3 Å². The zero-order valence-electron chi connectivity index (χ0n) is 15.4. The van der Waals surface area contributed by atoms with Gasteiger partial charge in [-0.15, -0.1) is 16.4 Å². The molecule has 3 N–H and O–H groups in total. The minimum atomic E-state index is -0.175. The standard InChI is InChI=1S/C20H16N6O2S/c1-11-3-2-4-14-18(11)24-17(28-14)8-22-19(27)15-7-13(10-29-15)12-5-6-16-23-20(21)25-26(16)9-12/h2-7,9-10H,8H2,1H3,(H2,21,25)(H,22,27). The summed E-state index contributed by atoms with van der Waals surface area (Å²) in [7, 11) is 0. The number of amides is 1. The predicted octanol–water partition coefficient (Wildman–Crippen LogP) is 3.42. The van der Waals surface area contributed by atoms with Crippen LogP contribution >= 0.6 is 11.3 Å². The van der Waals surface area contributed by atoms with E-state index in [0.717, 1.165) is 27.8 Å². The summed E-state index contributed by atoms with van der Waals surface area (Å²) in [5.74, 6) is 0.530. The number of thiophene rings is 1. The Morgan fingerprint density at radius 3 is 3.00 bits per heavy atom. The molecule has 5 aromatic rings. The van der Waals surface area contributed by atoms with Crippen LogP contribution < -0.4 is 11.1 Å². The van der Waals surface area contributed by atoms with Gasteiger partial charge in [0, 0.05) is 11.8 Å². The molecule has 0 unspecified atom stereocenters. The van der Waals surface area contributed by atoms with Gasteiger partial charge < -0.3 is 15.5 Å². The molecule has 0 spiro atoms. The van der Waals surface area contributed by atoms with Crippen molar-refractivity contribution < 1.29 is 9.21 Å². The Balaban J connectivity index is 1.32. The number of para-hydroxylation sites is 1. The second kappa shape index (κ2) is 6.71. The Bertz CT molecular complexity index is 1370. The molecule has 4 heterocycles. The number of nitrogens with zero attached hydrogens (tertiary/aromatic N) is 4. The van der Waals surface area contributed by atoms with Crippen LogP contribution in [0.4, 0.5) is 5.95 Å². The number of benzene rings is 1. The molecular formula is C20H16N6O2S. The largest absolute Gasteiger partial charge is 0.439 e. The maximum absolute atomic E-state index is 12.5. The Kier molecular flexibility index (Phi) is 4.02. The minimum Gasteiger partial charge on any atom is -0.439 e. The Morgan fingerprint density at radius 2 is 2.14 bits per heavy atom. The number of anilines is 1. The van der Waals surface area contributed by atoms with Gasteiger partial charge in [0.15, 0.2) is 11.2 Å². The van der Waals surface area contributed by atoms with Crippen molar-refractivity contribution in [1.29, 1.82) is 0 Å². The van der Waals surface area contributed by atoms with Crippen LogP contribution in [0.15, 0.2) is 52.4 Å². The van der Waals surface area contributed by atoms with Gasteiger partial charge in [0.05, 0.1) is 11.4 Å². The molecule has 9 heteroatoms. The van der Waals surface area contributed by atoms with Gasteiger partial charge >= 0.3 is 0 Å². The third-order valence-corrected chi connectivity index (χ3v) is 5.50. The number of hydrogen-bond acceptors (Lipinski definition) is 7. The van der Waals surface area contributed by atoms with Crippen LogP contribution in [0.1, 0.15) is 21.1 Å². The van der Waals surface area contributed by atoms with E-state index in [9.17, 15) is 4.79 Å². The van der Waals surface area contributed by atoms with Crippen LogP contribution in [0.2, 0.25) is 0 Å². The second-order valence-corrected chi connectivity index (χ2v) is 7.51. The van der Waals surface area contributed by atoms with Crippen LogP contribution in [0.5, 0.6) is 0 Å². The van der Waals surface area contributed by atoms with E-state index in [0.29, 0.717) is 16.4 Å². The lowest BCUT2D eigenvalue weighted by Crippen LogP contribution is -2.21. The van der Waals surface area contributed by atoms with E-state index in [-0.39, 0.29) is 18.4 Å². The van der Waals surface area contributed by atoms with Gasteiger partial charge in [0.2, 0.25) is 11.8 Å². The molecule has 0 aliphatic heterocycles. The molecular weight excluding hydrogens is 388 g/mol. The van der Waals surface area contributed by atoms with E-state index >= 15 is 0 Å². The first-order valence-electron chi connectivity index (χ1n) is 8.91. The number of pyridine rings is 1. The van der Waals surface area contributed by atoms with E-state index in [1.165, 1.54) is 11.3 Å². The highest BCUT2D eigenvalue weighted by Gasteiger charge is 2.13. The number of aryl methyl sites for hydroxylation is 1. The number of carbonyl (C=O) groups excluding carboxylic acids is 1. The van der Waals surface area contributed by atoms with Crippen molar-refractivity contribution in [2.45, 2.75) is 13.5 Å². The zero-order valence-corrected chi connectivity index (χ0v) is 16.2. The number of rotatable bonds is 4. The number of hydrogen-bond donors (Lipinski definition) is 2. The molecule has 0 saturated heterocycles. The highest BCUT2D eigenvalue weighted by Crippen LogP contribution is 2.26. The zero-order chi connectivity index (χ0) is 20.0. The van der Waals surface area contributed by atoms with Crippen LogP contribution in [0.25, 0.3) is 27.9 Å². The summed E-state index contributed by atoms with van der Waals surface area (Å²) in [6.07, 6.45) is 1.84. The van der Waals surface area contributed by atoms with Crippen molar-refractivity contribution in [2.75, 3.05) is 5.73 Å². The summed E-state index contributed by atoms with van der Waals surface area (Å²) in [6.45, 7) is 2.20. The van der Waals surface area contributed by atoms with E-state index in [2.05, 4.69) is 20.4 Å². The topological polar surface area (TPSA) is 111 Å². The lowest BCUT2D eigenvalue weighted by Gasteiger charge is -2.00. The molecule has 0 aliphatic carbocycles. The van der Waals surface area contributed by atoms with Crippen molar-refractivity contribution in [3.63, 3.8) is 0 Å². The summed E-state index contributed by atoms with van der Waals surface area (Å²) in [5.41, 5.74) is 10.7. The smallest absolute Gasteiger partial charge is 0.261 e. The molecule has 0 radical (unpaired) electrons. The molecule has 0 aliphatic rings. The van der Waals surface area contributed by atoms with Crippen molar-refractivity contribution >= 4 is 39.9 Å². The lowest BCUT2D eigenvalue weighted by molar-refractivity contribution is 0.0951. The fraction of sp³-hybridized carbons (Fsp3) is 0.100. The fourth-order valence-electron chi connectivity index (χ4n) is 3.13. The number of carbonyl (C=O) groups is 1. The molecule has 0 fully saturated rings. The molecule has 4 aromatic heterocycles. The van der Waals surface area contributed by atoms with E-state index < -0.39 is 0 Å². The lowest BCUT2D eigenvalue weighted by atomic mass is 10.1. The number of nitrogen functional groups attached to an aromatic ring is 1. The van der Waals surface area contributed by atoms with Crippen molar-refractivity contribution in [2.24, 2.45) is 0 Å². The molecule has 144 valence electrons. The molecule has 1 aromatic carbocycles. The monoisotopic (exact) mass is 404 g/mol. The van der Waals surface area contributed by atoms with Crippen LogP contribution in [0.3, 0.4) is 0 Å². The summed E-state index contributed by atoms with van der Waals surface area (Å²) >= 11 is 1.37. The first-order chi connectivity index (χ1) is 14.1. The van der Waals surface area contributed by atoms with Gasteiger partial charge in [0.1, 0.15) is 5.52 Å². The minimum absolute atomic E-state index is 0.175. The molecule has 0 saturated carbocycles.